The van der Waals surface area contributed by atoms with E-state index in [2.05, 4.69) is 10.3 Å². The van der Waals surface area contributed by atoms with Gasteiger partial charge in [0.25, 0.3) is 5.91 Å². The molecule has 0 aliphatic rings. The highest BCUT2D eigenvalue weighted by Crippen LogP contribution is 2.21. The number of rotatable bonds is 3. The number of hydrogen-bond acceptors (Lipinski definition) is 3. The summed E-state index contributed by atoms with van der Waals surface area (Å²) in [6, 6.07) is 0. The molecule has 0 aliphatic carbocycles. The number of carbonyl (C=O) groups excluding carboxylic acids is 1. The van der Waals surface area contributed by atoms with Gasteiger partial charge >= 0.3 is 0 Å². The Morgan fingerprint density at radius 3 is 2.92 bits per heavy atom. The van der Waals surface area contributed by atoms with Gasteiger partial charge in [-0.15, -0.1) is 11.3 Å². The fraction of sp³-hybridized carbons (Fsp3) is 0.556. The van der Waals surface area contributed by atoms with E-state index in [4.69, 9.17) is 0 Å². The van der Waals surface area contributed by atoms with Crippen molar-refractivity contribution >= 4 is 17.2 Å². The second kappa shape index (κ2) is 4.37. The van der Waals surface area contributed by atoms with Crippen LogP contribution in [0, 0.1) is 0 Å². The molecule has 0 radical (unpaired) electrons. The molecule has 0 saturated heterocycles. The summed E-state index contributed by atoms with van der Waals surface area (Å²) in [5.41, 5.74) is 2.62. The Hall–Kier alpha value is -0.900. The summed E-state index contributed by atoms with van der Waals surface area (Å²) >= 11 is 1.40. The summed E-state index contributed by atoms with van der Waals surface area (Å²) < 4.78 is 0. The minimum atomic E-state index is -0.00583. The van der Waals surface area contributed by atoms with Gasteiger partial charge < -0.3 is 5.32 Å². The summed E-state index contributed by atoms with van der Waals surface area (Å²) in [4.78, 5) is 16.4. The predicted octanol–water partition coefficient (Wildman–Crippen LogP) is 2.02. The Morgan fingerprint density at radius 1 is 1.69 bits per heavy atom. The third-order valence-electron chi connectivity index (χ3n) is 1.69. The van der Waals surface area contributed by atoms with Gasteiger partial charge in [-0.05, 0) is 12.8 Å². The Morgan fingerprint density at radius 2 is 2.38 bits per heavy atom. The average molecular weight is 198 g/mol. The molecule has 3 nitrogen and oxygen atoms in total. The summed E-state index contributed by atoms with van der Waals surface area (Å²) in [6.45, 7) is 6.65. The van der Waals surface area contributed by atoms with E-state index >= 15 is 0 Å². The molecule has 1 rings (SSSR count). The number of thiazole rings is 1. The first-order chi connectivity index (χ1) is 6.16. The monoisotopic (exact) mass is 198 g/mol. The second-order valence-electron chi connectivity index (χ2n) is 3.08. The first kappa shape index (κ1) is 10.2. The van der Waals surface area contributed by atoms with Crippen LogP contribution >= 0.6 is 11.3 Å². The van der Waals surface area contributed by atoms with Crippen molar-refractivity contribution in [2.75, 3.05) is 6.54 Å². The van der Waals surface area contributed by atoms with Crippen LogP contribution in [-0.2, 0) is 0 Å². The van der Waals surface area contributed by atoms with Gasteiger partial charge in [0.2, 0.25) is 0 Å². The van der Waals surface area contributed by atoms with E-state index in [1.165, 1.54) is 11.3 Å². The third-order valence-corrected chi connectivity index (χ3v) is 2.53. The molecule has 72 valence electrons. The molecule has 1 heterocycles. The van der Waals surface area contributed by atoms with Crippen LogP contribution in [0.15, 0.2) is 5.51 Å². The van der Waals surface area contributed by atoms with E-state index < -0.39 is 0 Å². The molecule has 1 N–H and O–H groups in total. The largest absolute Gasteiger partial charge is 0.352 e. The average Bonchev–Trinajstić information content (AvgIpc) is 2.52. The van der Waals surface area contributed by atoms with E-state index in [9.17, 15) is 4.79 Å². The van der Waals surface area contributed by atoms with Gasteiger partial charge in [0.15, 0.2) is 0 Å². The Balaban J connectivity index is 2.87. The molecule has 0 spiro atoms. The normalized spacial score (nSPS) is 10.5. The summed E-state index contributed by atoms with van der Waals surface area (Å²) in [5.74, 6) is 0.303. The molecular weight excluding hydrogens is 184 g/mol. The predicted molar refractivity (Wildman–Crippen MR) is 54.2 cm³/mol. The van der Waals surface area contributed by atoms with Crippen LogP contribution in [0.25, 0.3) is 0 Å². The van der Waals surface area contributed by atoms with Crippen LogP contribution in [0.1, 0.15) is 42.1 Å². The summed E-state index contributed by atoms with van der Waals surface area (Å²) in [6.07, 6.45) is 0. The molecule has 0 unspecified atom stereocenters. The molecule has 0 fully saturated rings. The first-order valence-electron chi connectivity index (χ1n) is 4.38. The highest BCUT2D eigenvalue weighted by atomic mass is 32.1. The number of hydrogen-bond donors (Lipinski definition) is 1. The lowest BCUT2D eigenvalue weighted by Crippen LogP contribution is -2.23. The van der Waals surface area contributed by atoms with E-state index in [1.807, 2.05) is 20.8 Å². The van der Waals surface area contributed by atoms with Gasteiger partial charge in [-0.25, -0.2) is 4.98 Å². The Labute approximate surface area is 82.2 Å². The molecule has 0 saturated carbocycles. The number of nitrogens with one attached hydrogen (secondary N) is 1. The van der Waals surface area contributed by atoms with Gasteiger partial charge in [-0.1, -0.05) is 13.8 Å². The number of carbonyl (C=O) groups is 1. The maximum atomic E-state index is 11.5. The van der Waals surface area contributed by atoms with Gasteiger partial charge in [0, 0.05) is 6.54 Å². The second-order valence-corrected chi connectivity index (χ2v) is 3.94. The van der Waals surface area contributed by atoms with Crippen molar-refractivity contribution in [1.82, 2.24) is 10.3 Å². The standard InChI is InChI=1S/C9H14N2OS/c1-4-10-9(12)8-7(6(2)3)11-5-13-8/h5-6H,4H2,1-3H3,(H,10,12). The molecule has 0 bridgehead atoms. The Bertz CT molecular complexity index is 294. The Kier molecular flexibility index (Phi) is 3.42. The van der Waals surface area contributed by atoms with E-state index in [0.717, 1.165) is 10.6 Å². The fourth-order valence-electron chi connectivity index (χ4n) is 1.08. The minimum absolute atomic E-state index is 0.00583. The van der Waals surface area contributed by atoms with Crippen molar-refractivity contribution in [3.8, 4) is 0 Å². The summed E-state index contributed by atoms with van der Waals surface area (Å²) in [7, 11) is 0. The van der Waals surface area contributed by atoms with Crippen LogP contribution in [0.2, 0.25) is 0 Å². The first-order valence-corrected chi connectivity index (χ1v) is 5.26. The van der Waals surface area contributed by atoms with Gasteiger partial charge in [-0.3, -0.25) is 4.79 Å². The van der Waals surface area contributed by atoms with Crippen molar-refractivity contribution in [2.24, 2.45) is 0 Å². The highest BCUT2D eigenvalue weighted by molar-refractivity contribution is 7.11. The SMILES string of the molecule is CCNC(=O)c1scnc1C(C)C. The molecule has 0 aliphatic heterocycles. The lowest BCUT2D eigenvalue weighted by molar-refractivity contribution is 0.0958. The van der Waals surface area contributed by atoms with Gasteiger partial charge in [-0.2, -0.15) is 0 Å². The molecule has 13 heavy (non-hydrogen) atoms. The lowest BCUT2D eigenvalue weighted by atomic mass is 10.1. The van der Waals surface area contributed by atoms with E-state index in [0.29, 0.717) is 12.5 Å². The van der Waals surface area contributed by atoms with Crippen LogP contribution < -0.4 is 5.32 Å². The van der Waals surface area contributed by atoms with Crippen LogP contribution in [0.4, 0.5) is 0 Å². The topological polar surface area (TPSA) is 42.0 Å². The van der Waals surface area contributed by atoms with E-state index in [1.54, 1.807) is 5.51 Å². The highest BCUT2D eigenvalue weighted by Gasteiger charge is 2.15. The maximum Gasteiger partial charge on any atom is 0.263 e. The van der Waals surface area contributed by atoms with Gasteiger partial charge in [0.05, 0.1) is 11.2 Å². The van der Waals surface area contributed by atoms with E-state index in [-0.39, 0.29) is 5.91 Å². The maximum absolute atomic E-state index is 11.5. The molecule has 0 aromatic carbocycles. The third kappa shape index (κ3) is 2.28. The smallest absolute Gasteiger partial charge is 0.263 e. The number of aromatic nitrogens is 1. The molecule has 1 aromatic rings. The number of nitrogens with zero attached hydrogens (tertiary/aromatic N) is 1. The van der Waals surface area contributed by atoms with Crippen LogP contribution in [-0.4, -0.2) is 17.4 Å². The van der Waals surface area contributed by atoms with Crippen molar-refractivity contribution in [3.05, 3.63) is 16.1 Å². The van der Waals surface area contributed by atoms with Crippen molar-refractivity contribution < 1.29 is 4.79 Å². The lowest BCUT2D eigenvalue weighted by Gasteiger charge is -2.04. The van der Waals surface area contributed by atoms with Crippen molar-refractivity contribution in [3.63, 3.8) is 0 Å². The zero-order valence-corrected chi connectivity index (χ0v) is 8.94. The number of amides is 1. The zero-order chi connectivity index (χ0) is 9.84. The molecular formula is C9H14N2OS. The van der Waals surface area contributed by atoms with Crippen LogP contribution in [0.5, 0.6) is 0 Å². The van der Waals surface area contributed by atoms with Gasteiger partial charge in [0.1, 0.15) is 4.88 Å². The minimum Gasteiger partial charge on any atom is -0.352 e. The summed E-state index contributed by atoms with van der Waals surface area (Å²) in [5, 5.41) is 2.77. The molecule has 1 amide bonds. The zero-order valence-electron chi connectivity index (χ0n) is 8.13. The quantitative estimate of drug-likeness (QED) is 0.807. The molecule has 1 aromatic heterocycles. The molecule has 4 heteroatoms. The van der Waals surface area contributed by atoms with Crippen molar-refractivity contribution in [2.45, 2.75) is 26.7 Å². The molecule has 0 atom stereocenters. The van der Waals surface area contributed by atoms with Crippen molar-refractivity contribution in [1.29, 1.82) is 0 Å². The van der Waals surface area contributed by atoms with Crippen LogP contribution in [0.3, 0.4) is 0 Å². The fourth-order valence-corrected chi connectivity index (χ4v) is 1.94.